The molecule has 0 N–H and O–H groups in total. The second kappa shape index (κ2) is 6.13. The highest BCUT2D eigenvalue weighted by molar-refractivity contribution is 6.13. The van der Waals surface area contributed by atoms with E-state index >= 15 is 0 Å². The van der Waals surface area contributed by atoms with Crippen LogP contribution in [0, 0.1) is 17.3 Å². The van der Waals surface area contributed by atoms with Gasteiger partial charge in [0.25, 0.3) is 11.8 Å². The molecule has 0 aromatic heterocycles. The predicted molar refractivity (Wildman–Crippen MR) is 87.7 cm³/mol. The summed E-state index contributed by atoms with van der Waals surface area (Å²) in [5, 5.41) is 0. The van der Waals surface area contributed by atoms with Crippen LogP contribution in [-0.4, -0.2) is 41.5 Å². The van der Waals surface area contributed by atoms with Crippen molar-refractivity contribution in [2.24, 2.45) is 17.3 Å². The Hall–Kier alpha value is -2.44. The van der Waals surface area contributed by atoms with E-state index in [-0.39, 0.29) is 11.3 Å². The summed E-state index contributed by atoms with van der Waals surface area (Å²) in [5.41, 5.74) is -1.36. The van der Waals surface area contributed by atoms with E-state index in [4.69, 9.17) is 4.74 Å². The molecule has 0 spiro atoms. The lowest BCUT2D eigenvalue weighted by Crippen LogP contribution is -2.50. The molecule has 0 aromatic rings. The van der Waals surface area contributed by atoms with Gasteiger partial charge in [0.05, 0.1) is 13.0 Å². The minimum atomic E-state index is -1.39. The van der Waals surface area contributed by atoms with E-state index in [9.17, 15) is 19.2 Å². The molecule has 7 heteroatoms. The van der Waals surface area contributed by atoms with Crippen LogP contribution in [0.25, 0.3) is 0 Å². The van der Waals surface area contributed by atoms with Crippen LogP contribution in [0.3, 0.4) is 0 Å². The van der Waals surface area contributed by atoms with Gasteiger partial charge in [-0.05, 0) is 32.1 Å². The molecule has 2 aliphatic rings. The van der Waals surface area contributed by atoms with Crippen molar-refractivity contribution in [3.05, 3.63) is 23.8 Å². The Bertz CT molecular complexity index is 682. The Morgan fingerprint density at radius 1 is 1.20 bits per heavy atom. The molecular formula is C18H23NO6. The summed E-state index contributed by atoms with van der Waals surface area (Å²) in [6, 6.07) is 0. The van der Waals surface area contributed by atoms with Crippen LogP contribution >= 0.6 is 0 Å². The second-order valence-corrected chi connectivity index (χ2v) is 7.38. The number of ether oxygens (including phenoxy) is 2. The maximum absolute atomic E-state index is 12.6. The largest absolute Gasteiger partial charge is 0.466 e. The smallest absolute Gasteiger partial charge is 0.333 e. The van der Waals surface area contributed by atoms with Crippen LogP contribution in [0.5, 0.6) is 0 Å². The normalized spacial score (nSPS) is 25.2. The number of amides is 2. The minimum absolute atomic E-state index is 0.182. The number of hydrogen-bond acceptors (Lipinski definition) is 6. The Labute approximate surface area is 146 Å². The van der Waals surface area contributed by atoms with Gasteiger partial charge in [-0.3, -0.25) is 14.4 Å². The van der Waals surface area contributed by atoms with Crippen LogP contribution in [0.4, 0.5) is 0 Å². The van der Waals surface area contributed by atoms with Crippen molar-refractivity contribution in [2.45, 2.75) is 40.3 Å². The molecule has 7 nitrogen and oxygen atoms in total. The topological polar surface area (TPSA) is 90.0 Å². The lowest BCUT2D eigenvalue weighted by atomic mass is 10.1. The summed E-state index contributed by atoms with van der Waals surface area (Å²) in [5.74, 6) is -2.65. The number of esters is 2. The van der Waals surface area contributed by atoms with Crippen LogP contribution < -0.4 is 0 Å². The van der Waals surface area contributed by atoms with E-state index in [1.807, 2.05) is 13.8 Å². The first-order chi connectivity index (χ1) is 11.4. The predicted octanol–water partition coefficient (Wildman–Crippen LogP) is 1.58. The third kappa shape index (κ3) is 3.36. The third-order valence-corrected chi connectivity index (χ3v) is 4.80. The first-order valence-electron chi connectivity index (χ1n) is 7.99. The lowest BCUT2D eigenvalue weighted by molar-refractivity contribution is -0.183. The lowest BCUT2D eigenvalue weighted by Gasteiger charge is -2.33. The van der Waals surface area contributed by atoms with Crippen molar-refractivity contribution in [3.63, 3.8) is 0 Å². The summed E-state index contributed by atoms with van der Waals surface area (Å²) in [6.45, 7) is 8.40. The van der Waals surface area contributed by atoms with Gasteiger partial charge in [-0.2, -0.15) is 0 Å². The van der Waals surface area contributed by atoms with Crippen molar-refractivity contribution >= 4 is 23.8 Å². The fourth-order valence-electron chi connectivity index (χ4n) is 3.22. The van der Waals surface area contributed by atoms with Gasteiger partial charge in [0, 0.05) is 17.7 Å². The number of nitrogens with zero attached hydrogens (tertiary/aromatic N) is 1. The van der Waals surface area contributed by atoms with Crippen LogP contribution in [0.15, 0.2) is 23.8 Å². The SMILES string of the molecule is COC(=O)/C(C)=C/[C@@H]1[C@@H](C(=O)OC(C)(C)N2C(=O)C=CC2=O)C1(C)C. The Morgan fingerprint density at radius 2 is 1.72 bits per heavy atom. The number of methoxy groups -OCH3 is 1. The minimum Gasteiger partial charge on any atom is -0.466 e. The van der Waals surface area contributed by atoms with E-state index in [0.29, 0.717) is 5.57 Å². The fraction of sp³-hybridized carbons (Fsp3) is 0.556. The van der Waals surface area contributed by atoms with Gasteiger partial charge in [-0.25, -0.2) is 9.69 Å². The van der Waals surface area contributed by atoms with E-state index < -0.39 is 35.4 Å². The van der Waals surface area contributed by atoms with Gasteiger partial charge in [0.1, 0.15) is 0 Å². The average molecular weight is 349 g/mol. The average Bonchev–Trinajstić information content (AvgIpc) is 2.83. The molecule has 1 aliphatic carbocycles. The molecule has 2 atom stereocenters. The molecule has 25 heavy (non-hydrogen) atoms. The zero-order valence-electron chi connectivity index (χ0n) is 15.3. The van der Waals surface area contributed by atoms with Crippen molar-refractivity contribution in [1.29, 1.82) is 0 Å². The molecular weight excluding hydrogens is 326 g/mol. The number of rotatable bonds is 5. The summed E-state index contributed by atoms with van der Waals surface area (Å²) in [7, 11) is 1.30. The van der Waals surface area contributed by atoms with E-state index in [0.717, 1.165) is 17.1 Å². The standard InChI is InChI=1S/C18H23NO6/c1-10(15(22)24-6)9-11-14(17(11,2)3)16(23)25-18(4,5)19-12(20)7-8-13(19)21/h7-9,11,14H,1-6H3/b10-9+/t11-,14+/m1/s1. The van der Waals surface area contributed by atoms with Crippen molar-refractivity contribution in [1.82, 2.24) is 4.90 Å². The molecule has 0 radical (unpaired) electrons. The first-order valence-corrected chi connectivity index (χ1v) is 7.99. The van der Waals surface area contributed by atoms with Gasteiger partial charge >= 0.3 is 11.9 Å². The van der Waals surface area contributed by atoms with Crippen molar-refractivity contribution in [2.75, 3.05) is 7.11 Å². The highest BCUT2D eigenvalue weighted by Crippen LogP contribution is 2.60. The van der Waals surface area contributed by atoms with Crippen molar-refractivity contribution < 1.29 is 28.7 Å². The zero-order valence-corrected chi connectivity index (χ0v) is 15.3. The van der Waals surface area contributed by atoms with Gasteiger partial charge in [0.15, 0.2) is 5.72 Å². The van der Waals surface area contributed by atoms with Gasteiger partial charge < -0.3 is 9.47 Å². The summed E-state index contributed by atoms with van der Waals surface area (Å²) in [6.07, 6.45) is 3.99. The molecule has 0 aromatic carbocycles. The molecule has 1 aliphatic heterocycles. The Morgan fingerprint density at radius 3 is 2.20 bits per heavy atom. The third-order valence-electron chi connectivity index (χ3n) is 4.80. The van der Waals surface area contributed by atoms with E-state index in [1.54, 1.807) is 13.0 Å². The highest BCUT2D eigenvalue weighted by Gasteiger charge is 2.62. The molecule has 0 saturated heterocycles. The van der Waals surface area contributed by atoms with E-state index in [1.165, 1.54) is 21.0 Å². The fourth-order valence-corrected chi connectivity index (χ4v) is 3.22. The molecule has 0 unspecified atom stereocenters. The van der Waals surface area contributed by atoms with Gasteiger partial charge in [-0.1, -0.05) is 19.9 Å². The van der Waals surface area contributed by atoms with Gasteiger partial charge in [0.2, 0.25) is 0 Å². The molecule has 1 heterocycles. The quantitative estimate of drug-likeness (QED) is 0.425. The number of carbonyl (C=O) groups excluding carboxylic acids is 4. The Kier molecular flexibility index (Phi) is 4.63. The Balaban J connectivity index is 2.12. The molecule has 0 bridgehead atoms. The summed E-state index contributed by atoms with van der Waals surface area (Å²) < 4.78 is 10.1. The monoisotopic (exact) mass is 349 g/mol. The molecule has 1 fully saturated rings. The van der Waals surface area contributed by atoms with Gasteiger partial charge in [-0.15, -0.1) is 0 Å². The summed E-state index contributed by atoms with van der Waals surface area (Å²) in [4.78, 5) is 48.7. The van der Waals surface area contributed by atoms with Crippen LogP contribution in [0.2, 0.25) is 0 Å². The second-order valence-electron chi connectivity index (χ2n) is 7.38. The van der Waals surface area contributed by atoms with Crippen molar-refractivity contribution in [3.8, 4) is 0 Å². The summed E-state index contributed by atoms with van der Waals surface area (Å²) >= 11 is 0. The number of hydrogen-bond donors (Lipinski definition) is 0. The number of allylic oxidation sites excluding steroid dienone is 1. The number of imide groups is 1. The molecule has 136 valence electrons. The van der Waals surface area contributed by atoms with Crippen LogP contribution in [-0.2, 0) is 28.7 Å². The van der Waals surface area contributed by atoms with Crippen LogP contribution in [0.1, 0.15) is 34.6 Å². The zero-order chi connectivity index (χ0) is 19.2. The molecule has 2 rings (SSSR count). The molecule has 1 saturated carbocycles. The maximum atomic E-state index is 12.6. The maximum Gasteiger partial charge on any atom is 0.333 e. The number of carbonyl (C=O) groups is 4. The first kappa shape index (κ1) is 18.9. The van der Waals surface area contributed by atoms with E-state index in [2.05, 4.69) is 4.74 Å². The molecule has 2 amide bonds. The highest BCUT2D eigenvalue weighted by atomic mass is 16.6.